The van der Waals surface area contributed by atoms with Crippen molar-refractivity contribution in [1.82, 2.24) is 10.2 Å². The molecule has 1 unspecified atom stereocenters. The molecular weight excluding hydrogens is 244 g/mol. The zero-order chi connectivity index (χ0) is 14.3. The maximum atomic E-state index is 11.8. The van der Waals surface area contributed by atoms with Crippen LogP contribution in [0.4, 0.5) is 0 Å². The van der Waals surface area contributed by atoms with Crippen molar-refractivity contribution in [3.05, 3.63) is 12.7 Å². The van der Waals surface area contributed by atoms with Crippen LogP contribution in [0.1, 0.15) is 32.6 Å². The van der Waals surface area contributed by atoms with E-state index in [4.69, 9.17) is 5.11 Å². The van der Waals surface area contributed by atoms with Gasteiger partial charge in [-0.15, -0.1) is 6.58 Å². The maximum absolute atomic E-state index is 11.8. The average molecular weight is 268 g/mol. The molecule has 19 heavy (non-hydrogen) atoms. The first kappa shape index (κ1) is 15.7. The number of carboxylic acid groups (broad SMARTS) is 1. The normalized spacial score (nSPS) is 18.8. The predicted molar refractivity (Wildman–Crippen MR) is 73.8 cm³/mol. The van der Waals surface area contributed by atoms with Gasteiger partial charge in [0.15, 0.2) is 0 Å². The van der Waals surface area contributed by atoms with Gasteiger partial charge in [0, 0.05) is 13.0 Å². The van der Waals surface area contributed by atoms with Gasteiger partial charge in [0.2, 0.25) is 5.91 Å². The number of amides is 1. The molecule has 0 aromatic heterocycles. The number of rotatable bonds is 7. The molecule has 108 valence electrons. The second-order valence-corrected chi connectivity index (χ2v) is 5.12. The van der Waals surface area contributed by atoms with Crippen LogP contribution in [0.15, 0.2) is 12.7 Å². The smallest absolute Gasteiger partial charge is 0.303 e. The monoisotopic (exact) mass is 268 g/mol. The molecule has 5 heteroatoms. The Morgan fingerprint density at radius 1 is 1.47 bits per heavy atom. The van der Waals surface area contributed by atoms with Crippen LogP contribution in [0.25, 0.3) is 0 Å². The summed E-state index contributed by atoms with van der Waals surface area (Å²) in [6, 6.07) is -0.125. The Bertz CT molecular complexity index is 323. The second-order valence-electron chi connectivity index (χ2n) is 5.12. The summed E-state index contributed by atoms with van der Waals surface area (Å²) in [5.41, 5.74) is 0. The fraction of sp³-hybridized carbons (Fsp3) is 0.714. The highest BCUT2D eigenvalue weighted by Crippen LogP contribution is 2.23. The summed E-state index contributed by atoms with van der Waals surface area (Å²) in [5.74, 6) is -0.209. The number of likely N-dealkylation sites (tertiary alicyclic amines) is 1. The quantitative estimate of drug-likeness (QED) is 0.682. The van der Waals surface area contributed by atoms with E-state index in [9.17, 15) is 9.59 Å². The van der Waals surface area contributed by atoms with Gasteiger partial charge in [0.1, 0.15) is 0 Å². The summed E-state index contributed by atoms with van der Waals surface area (Å²) in [6.45, 7) is 7.72. The standard InChI is InChI=1S/C14H24N2O3/c1-3-8-15-14(19)11(2)16-9-6-12(7-10-16)4-5-13(17)18/h3,11-12H,1,4-10H2,2H3,(H,15,19)(H,17,18). The molecule has 0 aromatic carbocycles. The molecule has 0 bridgehead atoms. The number of aliphatic carboxylic acids is 1. The summed E-state index contributed by atoms with van der Waals surface area (Å²) < 4.78 is 0. The summed E-state index contributed by atoms with van der Waals surface area (Å²) in [7, 11) is 0. The molecule has 1 saturated heterocycles. The van der Waals surface area contributed by atoms with Gasteiger partial charge in [-0.05, 0) is 45.2 Å². The molecule has 1 atom stereocenters. The highest BCUT2D eigenvalue weighted by atomic mass is 16.4. The Morgan fingerprint density at radius 3 is 2.63 bits per heavy atom. The minimum absolute atomic E-state index is 0.0314. The largest absolute Gasteiger partial charge is 0.481 e. The van der Waals surface area contributed by atoms with Crippen LogP contribution in [0.2, 0.25) is 0 Å². The molecule has 0 spiro atoms. The molecule has 1 aliphatic heterocycles. The third kappa shape index (κ3) is 5.42. The van der Waals surface area contributed by atoms with E-state index < -0.39 is 5.97 Å². The first-order chi connectivity index (χ1) is 9.04. The van der Waals surface area contributed by atoms with Crippen LogP contribution in [0, 0.1) is 5.92 Å². The number of carbonyl (C=O) groups is 2. The highest BCUT2D eigenvalue weighted by molar-refractivity contribution is 5.81. The van der Waals surface area contributed by atoms with Crippen LogP contribution >= 0.6 is 0 Å². The molecule has 0 aliphatic carbocycles. The first-order valence-electron chi connectivity index (χ1n) is 6.89. The minimum Gasteiger partial charge on any atom is -0.481 e. The van der Waals surface area contributed by atoms with Gasteiger partial charge in [-0.1, -0.05) is 6.08 Å². The SMILES string of the molecule is C=CCNC(=O)C(C)N1CCC(CCC(=O)O)CC1. The van der Waals surface area contributed by atoms with Gasteiger partial charge in [-0.3, -0.25) is 14.5 Å². The molecule has 1 amide bonds. The summed E-state index contributed by atoms with van der Waals surface area (Å²) in [4.78, 5) is 24.5. The molecule has 2 N–H and O–H groups in total. The lowest BCUT2D eigenvalue weighted by Gasteiger charge is -2.35. The van der Waals surface area contributed by atoms with Crippen LogP contribution in [-0.4, -0.2) is 47.6 Å². The van der Waals surface area contributed by atoms with Gasteiger partial charge in [-0.25, -0.2) is 0 Å². The molecule has 0 radical (unpaired) electrons. The molecule has 1 fully saturated rings. The fourth-order valence-corrected chi connectivity index (χ4v) is 2.44. The zero-order valence-corrected chi connectivity index (χ0v) is 11.6. The van der Waals surface area contributed by atoms with Crippen LogP contribution in [0.5, 0.6) is 0 Å². The molecular formula is C14H24N2O3. The van der Waals surface area contributed by atoms with E-state index in [1.54, 1.807) is 6.08 Å². The van der Waals surface area contributed by atoms with Gasteiger partial charge in [-0.2, -0.15) is 0 Å². The molecule has 5 nitrogen and oxygen atoms in total. The van der Waals surface area contributed by atoms with E-state index >= 15 is 0 Å². The number of piperidine rings is 1. The molecule has 1 aliphatic rings. The van der Waals surface area contributed by atoms with Crippen LogP contribution < -0.4 is 5.32 Å². The third-order valence-electron chi connectivity index (χ3n) is 3.76. The van der Waals surface area contributed by atoms with Crippen molar-refractivity contribution in [3.8, 4) is 0 Å². The number of hydrogen-bond acceptors (Lipinski definition) is 3. The Labute approximate surface area is 114 Å². The number of hydrogen-bond donors (Lipinski definition) is 2. The number of carboxylic acids is 1. The van der Waals surface area contributed by atoms with E-state index in [1.165, 1.54) is 0 Å². The fourth-order valence-electron chi connectivity index (χ4n) is 2.44. The van der Waals surface area contributed by atoms with Crippen molar-refractivity contribution in [2.24, 2.45) is 5.92 Å². The number of carbonyl (C=O) groups excluding carboxylic acids is 1. The van der Waals surface area contributed by atoms with Crippen LogP contribution in [0.3, 0.4) is 0 Å². The molecule has 1 rings (SSSR count). The average Bonchev–Trinajstić information content (AvgIpc) is 2.42. The molecule has 0 saturated carbocycles. The van der Waals surface area contributed by atoms with Gasteiger partial charge >= 0.3 is 5.97 Å². The van der Waals surface area contributed by atoms with Crippen molar-refractivity contribution < 1.29 is 14.7 Å². The predicted octanol–water partition coefficient (Wildman–Crippen LogP) is 1.25. The highest BCUT2D eigenvalue weighted by Gasteiger charge is 2.26. The number of nitrogens with one attached hydrogen (secondary N) is 1. The number of nitrogens with zero attached hydrogens (tertiary/aromatic N) is 1. The van der Waals surface area contributed by atoms with E-state index in [0.29, 0.717) is 12.5 Å². The van der Waals surface area contributed by atoms with Crippen molar-refractivity contribution in [2.45, 2.75) is 38.6 Å². The van der Waals surface area contributed by atoms with Gasteiger partial charge in [0.25, 0.3) is 0 Å². The first-order valence-corrected chi connectivity index (χ1v) is 6.89. The van der Waals surface area contributed by atoms with Crippen molar-refractivity contribution in [1.29, 1.82) is 0 Å². The Morgan fingerprint density at radius 2 is 2.11 bits per heavy atom. The van der Waals surface area contributed by atoms with E-state index in [2.05, 4.69) is 16.8 Å². The topological polar surface area (TPSA) is 69.6 Å². The zero-order valence-electron chi connectivity index (χ0n) is 11.6. The van der Waals surface area contributed by atoms with Crippen molar-refractivity contribution >= 4 is 11.9 Å². The minimum atomic E-state index is -0.723. The van der Waals surface area contributed by atoms with Crippen molar-refractivity contribution in [2.75, 3.05) is 19.6 Å². The van der Waals surface area contributed by atoms with Gasteiger partial charge < -0.3 is 10.4 Å². The Balaban J connectivity index is 2.30. The Hall–Kier alpha value is -1.36. The van der Waals surface area contributed by atoms with Crippen molar-refractivity contribution in [3.63, 3.8) is 0 Å². The molecule has 0 aromatic rings. The third-order valence-corrected chi connectivity index (χ3v) is 3.76. The maximum Gasteiger partial charge on any atom is 0.303 e. The van der Waals surface area contributed by atoms with E-state index in [-0.39, 0.29) is 18.4 Å². The lowest BCUT2D eigenvalue weighted by molar-refractivity contribution is -0.137. The summed E-state index contributed by atoms with van der Waals surface area (Å²) >= 11 is 0. The second kappa shape index (κ2) is 7.94. The summed E-state index contributed by atoms with van der Waals surface area (Å²) in [6.07, 6.45) is 4.63. The van der Waals surface area contributed by atoms with E-state index in [0.717, 1.165) is 32.4 Å². The van der Waals surface area contributed by atoms with E-state index in [1.807, 2.05) is 6.92 Å². The van der Waals surface area contributed by atoms with Gasteiger partial charge in [0.05, 0.1) is 6.04 Å². The lowest BCUT2D eigenvalue weighted by Crippen LogP contribution is -2.48. The lowest BCUT2D eigenvalue weighted by atomic mass is 9.91. The van der Waals surface area contributed by atoms with Crippen LogP contribution in [-0.2, 0) is 9.59 Å². The summed E-state index contributed by atoms with van der Waals surface area (Å²) in [5, 5.41) is 11.5. The molecule has 1 heterocycles. The Kier molecular flexibility index (Phi) is 6.56.